The SMILES string of the molecule is CCS(=O)(=O)N(C)CC(=O)N(C)C(C)CN.Cl. The molecule has 0 radical (unpaired) electrons. The molecule has 0 aliphatic rings. The van der Waals surface area contributed by atoms with Gasteiger partial charge in [-0.1, -0.05) is 0 Å². The van der Waals surface area contributed by atoms with Crippen molar-refractivity contribution in [2.24, 2.45) is 5.73 Å². The Morgan fingerprint density at radius 3 is 2.18 bits per heavy atom. The molecule has 0 rings (SSSR count). The lowest BCUT2D eigenvalue weighted by Crippen LogP contribution is -2.45. The number of sulfonamides is 1. The summed E-state index contributed by atoms with van der Waals surface area (Å²) >= 11 is 0. The number of hydrogen-bond donors (Lipinski definition) is 1. The van der Waals surface area contributed by atoms with Gasteiger partial charge in [0.15, 0.2) is 0 Å². The van der Waals surface area contributed by atoms with E-state index in [1.165, 1.54) is 11.9 Å². The number of carbonyl (C=O) groups excluding carboxylic acids is 1. The van der Waals surface area contributed by atoms with Crippen LogP contribution in [0.25, 0.3) is 0 Å². The molecule has 6 nitrogen and oxygen atoms in total. The molecule has 1 unspecified atom stereocenters. The van der Waals surface area contributed by atoms with Gasteiger partial charge in [-0.15, -0.1) is 12.4 Å². The highest BCUT2D eigenvalue weighted by Gasteiger charge is 2.21. The predicted octanol–water partition coefficient (Wildman–Crippen LogP) is -0.505. The van der Waals surface area contributed by atoms with E-state index in [1.807, 2.05) is 6.92 Å². The van der Waals surface area contributed by atoms with Crippen LogP contribution >= 0.6 is 12.4 Å². The highest BCUT2D eigenvalue weighted by Crippen LogP contribution is 2.01. The number of amides is 1. The third-order valence-corrected chi connectivity index (χ3v) is 4.40. The molecule has 1 atom stereocenters. The largest absolute Gasteiger partial charge is 0.341 e. The summed E-state index contributed by atoms with van der Waals surface area (Å²) in [5.41, 5.74) is 5.43. The fraction of sp³-hybridized carbons (Fsp3) is 0.889. The molecule has 0 aliphatic carbocycles. The first-order valence-corrected chi connectivity index (χ1v) is 6.76. The van der Waals surface area contributed by atoms with Crippen LogP contribution in [0.5, 0.6) is 0 Å². The molecule has 0 saturated carbocycles. The van der Waals surface area contributed by atoms with E-state index in [1.54, 1.807) is 14.0 Å². The fourth-order valence-electron chi connectivity index (χ4n) is 1.02. The zero-order valence-electron chi connectivity index (χ0n) is 10.7. The molecule has 0 fully saturated rings. The van der Waals surface area contributed by atoms with Gasteiger partial charge in [-0.05, 0) is 13.8 Å². The van der Waals surface area contributed by atoms with E-state index in [0.717, 1.165) is 4.31 Å². The highest BCUT2D eigenvalue weighted by atomic mass is 35.5. The van der Waals surface area contributed by atoms with Crippen molar-refractivity contribution in [3.05, 3.63) is 0 Å². The Bertz CT molecular complexity index is 334. The molecule has 0 saturated heterocycles. The molecule has 0 heterocycles. The number of likely N-dealkylation sites (N-methyl/N-ethyl adjacent to an activating group) is 2. The van der Waals surface area contributed by atoms with Crippen LogP contribution < -0.4 is 5.73 Å². The van der Waals surface area contributed by atoms with Crippen LogP contribution in [0.4, 0.5) is 0 Å². The van der Waals surface area contributed by atoms with E-state index in [0.29, 0.717) is 6.54 Å². The van der Waals surface area contributed by atoms with Crippen molar-refractivity contribution >= 4 is 28.3 Å². The van der Waals surface area contributed by atoms with Crippen LogP contribution in [0.1, 0.15) is 13.8 Å². The van der Waals surface area contributed by atoms with Gasteiger partial charge in [0.05, 0.1) is 12.3 Å². The summed E-state index contributed by atoms with van der Waals surface area (Å²) in [5.74, 6) is -0.259. The van der Waals surface area contributed by atoms with E-state index >= 15 is 0 Å². The average Bonchev–Trinajstić information content (AvgIpc) is 2.26. The van der Waals surface area contributed by atoms with Gasteiger partial charge in [0.2, 0.25) is 15.9 Å². The number of carbonyl (C=O) groups is 1. The number of rotatable bonds is 6. The van der Waals surface area contributed by atoms with Crippen molar-refractivity contribution in [1.29, 1.82) is 0 Å². The minimum Gasteiger partial charge on any atom is -0.341 e. The summed E-state index contributed by atoms with van der Waals surface area (Å²) in [6, 6.07) is -0.0924. The minimum atomic E-state index is -3.30. The van der Waals surface area contributed by atoms with Gasteiger partial charge in [-0.2, -0.15) is 4.31 Å². The molecule has 8 heteroatoms. The van der Waals surface area contributed by atoms with E-state index in [9.17, 15) is 13.2 Å². The Morgan fingerprint density at radius 2 is 1.82 bits per heavy atom. The molecule has 17 heavy (non-hydrogen) atoms. The number of halogens is 1. The third-order valence-electron chi connectivity index (χ3n) is 2.59. The number of hydrogen-bond acceptors (Lipinski definition) is 4. The van der Waals surface area contributed by atoms with Gasteiger partial charge in [-0.3, -0.25) is 4.79 Å². The maximum Gasteiger partial charge on any atom is 0.237 e. The topological polar surface area (TPSA) is 83.7 Å². The first kappa shape index (κ1) is 19.0. The van der Waals surface area contributed by atoms with Gasteiger partial charge >= 0.3 is 0 Å². The molecule has 0 aromatic rings. The summed E-state index contributed by atoms with van der Waals surface area (Å²) in [7, 11) is -0.287. The number of nitrogens with two attached hydrogens (primary N) is 1. The van der Waals surface area contributed by atoms with Crippen molar-refractivity contribution in [3.8, 4) is 0 Å². The van der Waals surface area contributed by atoms with Gasteiger partial charge in [0.25, 0.3) is 0 Å². The lowest BCUT2D eigenvalue weighted by molar-refractivity contribution is -0.131. The Morgan fingerprint density at radius 1 is 1.35 bits per heavy atom. The first-order valence-electron chi connectivity index (χ1n) is 5.16. The normalized spacial score (nSPS) is 13.1. The average molecular weight is 288 g/mol. The first-order chi connectivity index (χ1) is 7.26. The van der Waals surface area contributed by atoms with Gasteiger partial charge in [-0.25, -0.2) is 8.42 Å². The molecule has 2 N–H and O–H groups in total. The molecule has 0 aromatic carbocycles. The second kappa shape index (κ2) is 7.86. The van der Waals surface area contributed by atoms with Gasteiger partial charge in [0.1, 0.15) is 0 Å². The zero-order valence-corrected chi connectivity index (χ0v) is 12.3. The van der Waals surface area contributed by atoms with Crippen molar-refractivity contribution in [2.75, 3.05) is 32.9 Å². The monoisotopic (exact) mass is 287 g/mol. The Kier molecular flexibility index (Phi) is 8.78. The molecule has 104 valence electrons. The maximum atomic E-state index is 11.7. The maximum absolute atomic E-state index is 11.7. The van der Waals surface area contributed by atoms with Crippen molar-refractivity contribution in [1.82, 2.24) is 9.21 Å². The second-order valence-electron chi connectivity index (χ2n) is 3.75. The zero-order chi connectivity index (χ0) is 12.9. The lowest BCUT2D eigenvalue weighted by Gasteiger charge is -2.25. The third kappa shape index (κ3) is 5.67. The fourth-order valence-corrected chi connectivity index (χ4v) is 1.77. The predicted molar refractivity (Wildman–Crippen MR) is 70.6 cm³/mol. The lowest BCUT2D eigenvalue weighted by atomic mass is 10.3. The summed E-state index contributed by atoms with van der Waals surface area (Å²) < 4.78 is 23.9. The second-order valence-corrected chi connectivity index (χ2v) is 6.11. The van der Waals surface area contributed by atoms with E-state index in [-0.39, 0.29) is 36.7 Å². The molecular formula is C9H22ClN3O3S. The molecular weight excluding hydrogens is 266 g/mol. The van der Waals surface area contributed by atoms with Gasteiger partial charge < -0.3 is 10.6 Å². The van der Waals surface area contributed by atoms with E-state index < -0.39 is 10.0 Å². The highest BCUT2D eigenvalue weighted by molar-refractivity contribution is 7.89. The summed E-state index contributed by atoms with van der Waals surface area (Å²) in [5, 5.41) is 0. The molecule has 1 amide bonds. The smallest absolute Gasteiger partial charge is 0.237 e. The molecule has 0 spiro atoms. The van der Waals surface area contributed by atoms with E-state index in [2.05, 4.69) is 0 Å². The van der Waals surface area contributed by atoms with Crippen LogP contribution in [0.15, 0.2) is 0 Å². The van der Waals surface area contributed by atoms with Crippen LogP contribution in [-0.4, -0.2) is 62.5 Å². The summed E-state index contributed by atoms with van der Waals surface area (Å²) in [6.07, 6.45) is 0. The number of nitrogens with zero attached hydrogens (tertiary/aromatic N) is 2. The molecule has 0 bridgehead atoms. The van der Waals surface area contributed by atoms with Crippen LogP contribution in [0.3, 0.4) is 0 Å². The Balaban J connectivity index is 0. The van der Waals surface area contributed by atoms with Crippen LogP contribution in [0, 0.1) is 0 Å². The van der Waals surface area contributed by atoms with Crippen molar-refractivity contribution in [2.45, 2.75) is 19.9 Å². The van der Waals surface area contributed by atoms with E-state index in [4.69, 9.17) is 5.73 Å². The quantitative estimate of drug-likeness (QED) is 0.713. The van der Waals surface area contributed by atoms with Gasteiger partial charge in [0, 0.05) is 26.7 Å². The van der Waals surface area contributed by atoms with Crippen LogP contribution in [-0.2, 0) is 14.8 Å². The summed E-state index contributed by atoms with van der Waals surface area (Å²) in [6.45, 7) is 3.57. The summed E-state index contributed by atoms with van der Waals surface area (Å²) in [4.78, 5) is 13.1. The molecule has 0 aromatic heterocycles. The van der Waals surface area contributed by atoms with Crippen molar-refractivity contribution in [3.63, 3.8) is 0 Å². The minimum absolute atomic E-state index is 0. The Labute approximate surface area is 110 Å². The Hall–Kier alpha value is -0.370. The standard InChI is InChI=1S/C9H21N3O3S.ClH/c1-5-16(14,15)11(3)7-9(13)12(4)8(2)6-10;/h8H,5-7,10H2,1-4H3;1H. The molecule has 0 aliphatic heterocycles. The van der Waals surface area contributed by atoms with Crippen molar-refractivity contribution < 1.29 is 13.2 Å². The van der Waals surface area contributed by atoms with Crippen LogP contribution in [0.2, 0.25) is 0 Å².